The fourth-order valence-corrected chi connectivity index (χ4v) is 9.81. The maximum atomic E-state index is 2.51. The summed E-state index contributed by atoms with van der Waals surface area (Å²) < 4.78 is 0. The first-order valence-corrected chi connectivity index (χ1v) is 22.0. The van der Waals surface area contributed by atoms with E-state index in [1.807, 2.05) is 0 Å². The number of fused-ring (bicyclic) bond motifs is 5. The average molecular weight is 815 g/mol. The lowest BCUT2D eigenvalue weighted by Crippen LogP contribution is -2.13. The van der Waals surface area contributed by atoms with Crippen molar-refractivity contribution in [2.45, 2.75) is 0 Å². The van der Waals surface area contributed by atoms with Crippen molar-refractivity contribution in [3.05, 3.63) is 255 Å². The normalized spacial score (nSPS) is 11.4. The molecule has 0 amide bonds. The van der Waals surface area contributed by atoms with Crippen LogP contribution in [0.2, 0.25) is 0 Å². The van der Waals surface area contributed by atoms with Crippen LogP contribution in [-0.4, -0.2) is 0 Å². The Kier molecular flexibility index (Phi) is 9.20. The third kappa shape index (κ3) is 6.44. The molecule has 12 aromatic rings. The molecule has 0 bridgehead atoms. The molecular weight excluding hydrogens is 773 g/mol. The Balaban J connectivity index is 1.22. The van der Waals surface area contributed by atoms with Crippen LogP contribution < -0.4 is 9.80 Å². The van der Waals surface area contributed by atoms with Gasteiger partial charge in [-0.2, -0.15) is 0 Å². The Morgan fingerprint density at radius 2 is 0.562 bits per heavy atom. The molecule has 0 unspecified atom stereocenters. The van der Waals surface area contributed by atoms with Crippen molar-refractivity contribution >= 4 is 88.0 Å². The van der Waals surface area contributed by atoms with E-state index in [9.17, 15) is 0 Å². The molecule has 0 saturated carbocycles. The highest BCUT2D eigenvalue weighted by molar-refractivity contribution is 6.12. The van der Waals surface area contributed by atoms with Crippen LogP contribution in [-0.2, 0) is 0 Å². The monoisotopic (exact) mass is 814 g/mol. The summed E-state index contributed by atoms with van der Waals surface area (Å²) in [6.45, 7) is 0. The molecule has 0 saturated heterocycles. The van der Waals surface area contributed by atoms with Gasteiger partial charge in [-0.05, 0) is 97.5 Å². The van der Waals surface area contributed by atoms with E-state index in [-0.39, 0.29) is 0 Å². The van der Waals surface area contributed by atoms with Crippen LogP contribution in [0.4, 0.5) is 34.1 Å². The van der Waals surface area contributed by atoms with Crippen LogP contribution in [0.1, 0.15) is 0 Å². The van der Waals surface area contributed by atoms with Crippen LogP contribution in [0, 0.1) is 0 Å². The van der Waals surface area contributed by atoms with Crippen LogP contribution in [0.5, 0.6) is 0 Å². The van der Waals surface area contributed by atoms with Gasteiger partial charge in [0, 0.05) is 32.8 Å². The topological polar surface area (TPSA) is 6.48 Å². The van der Waals surface area contributed by atoms with Crippen LogP contribution >= 0.6 is 0 Å². The Hall–Kier alpha value is -8.46. The Labute approximate surface area is 373 Å². The molecular formula is C62H42N2. The molecule has 0 aliphatic carbocycles. The van der Waals surface area contributed by atoms with Crippen molar-refractivity contribution in [2.75, 3.05) is 9.80 Å². The van der Waals surface area contributed by atoms with Crippen molar-refractivity contribution in [3.63, 3.8) is 0 Å². The van der Waals surface area contributed by atoms with Gasteiger partial charge in [-0.25, -0.2) is 0 Å². The number of nitrogens with zero attached hydrogens (tertiary/aromatic N) is 2. The molecule has 12 rings (SSSR count). The van der Waals surface area contributed by atoms with Gasteiger partial charge >= 0.3 is 0 Å². The van der Waals surface area contributed by atoms with Crippen molar-refractivity contribution in [1.82, 2.24) is 0 Å². The fourth-order valence-electron chi connectivity index (χ4n) is 9.81. The van der Waals surface area contributed by atoms with Gasteiger partial charge in [0.15, 0.2) is 0 Å². The third-order valence-electron chi connectivity index (χ3n) is 12.8. The standard InChI is InChI=1S/C62H42N2/c1-3-19-47(20-4-1)55-41-50(63(58-35-15-27-43-23-7-11-31-51(43)58)59-36-16-28-44-24-8-12-32-52(44)59)39-49-40-62(57(42-56(49)55)48-21-5-2-6-22-48)64(60-37-17-29-45-25-9-13-33-53(45)60)61-38-18-30-46-26-10-14-34-54(46)61/h1-42H. The number of hydrogen-bond donors (Lipinski definition) is 0. The highest BCUT2D eigenvalue weighted by Crippen LogP contribution is 2.50. The first-order chi connectivity index (χ1) is 31.8. The van der Waals surface area contributed by atoms with E-state index in [2.05, 4.69) is 265 Å². The molecule has 0 aromatic heterocycles. The van der Waals surface area contributed by atoms with E-state index in [1.54, 1.807) is 0 Å². The number of anilines is 6. The van der Waals surface area contributed by atoms with Crippen LogP contribution in [0.3, 0.4) is 0 Å². The van der Waals surface area contributed by atoms with Crippen LogP contribution in [0.25, 0.3) is 76.1 Å². The molecule has 2 heteroatoms. The highest BCUT2D eigenvalue weighted by Gasteiger charge is 2.25. The smallest absolute Gasteiger partial charge is 0.0546 e. The molecule has 0 fully saturated rings. The maximum Gasteiger partial charge on any atom is 0.0546 e. The van der Waals surface area contributed by atoms with E-state index >= 15 is 0 Å². The summed E-state index contributed by atoms with van der Waals surface area (Å²) in [6, 6.07) is 93.1. The second kappa shape index (κ2) is 15.8. The summed E-state index contributed by atoms with van der Waals surface area (Å²) in [6.07, 6.45) is 0. The van der Waals surface area contributed by atoms with E-state index in [0.29, 0.717) is 0 Å². The Morgan fingerprint density at radius 1 is 0.203 bits per heavy atom. The zero-order chi connectivity index (χ0) is 42.4. The second-order valence-electron chi connectivity index (χ2n) is 16.5. The summed E-state index contributed by atoms with van der Waals surface area (Å²) in [4.78, 5) is 4.99. The largest absolute Gasteiger partial charge is 0.309 e. The SMILES string of the molecule is c1ccc(-c2cc3c(-c4ccccc4)cc(N(c4cccc5ccccc45)c4cccc5ccccc45)cc3cc2N(c2cccc3ccccc23)c2cccc3ccccc23)cc1. The fraction of sp³-hybridized carbons (Fsp3) is 0. The Morgan fingerprint density at radius 3 is 1.00 bits per heavy atom. The zero-order valence-electron chi connectivity index (χ0n) is 35.1. The third-order valence-corrected chi connectivity index (χ3v) is 12.8. The van der Waals surface area contributed by atoms with E-state index in [0.717, 1.165) is 56.2 Å². The lowest BCUT2D eigenvalue weighted by molar-refractivity contribution is 1.31. The van der Waals surface area contributed by atoms with Gasteiger partial charge < -0.3 is 9.80 Å². The van der Waals surface area contributed by atoms with E-state index in [4.69, 9.17) is 0 Å². The van der Waals surface area contributed by atoms with Gasteiger partial charge in [0.25, 0.3) is 0 Å². The average Bonchev–Trinajstić information content (AvgIpc) is 3.37. The van der Waals surface area contributed by atoms with Crippen molar-refractivity contribution in [2.24, 2.45) is 0 Å². The van der Waals surface area contributed by atoms with Gasteiger partial charge in [0.1, 0.15) is 0 Å². The van der Waals surface area contributed by atoms with Gasteiger partial charge in [-0.3, -0.25) is 0 Å². The van der Waals surface area contributed by atoms with Crippen molar-refractivity contribution in [3.8, 4) is 22.3 Å². The second-order valence-corrected chi connectivity index (χ2v) is 16.5. The maximum absolute atomic E-state index is 2.51. The van der Waals surface area contributed by atoms with Crippen LogP contribution in [0.15, 0.2) is 255 Å². The summed E-state index contributed by atoms with van der Waals surface area (Å²) >= 11 is 0. The van der Waals surface area contributed by atoms with Crippen molar-refractivity contribution < 1.29 is 0 Å². The predicted molar refractivity (Wildman–Crippen MR) is 274 cm³/mol. The molecule has 0 heterocycles. The lowest BCUT2D eigenvalue weighted by Gasteiger charge is -2.32. The number of hydrogen-bond acceptors (Lipinski definition) is 2. The molecule has 12 aromatic carbocycles. The molecule has 0 atom stereocenters. The molecule has 0 aliphatic rings. The highest BCUT2D eigenvalue weighted by atomic mass is 15.2. The predicted octanol–water partition coefficient (Wildman–Crippen LogP) is 17.7. The van der Waals surface area contributed by atoms with E-state index in [1.165, 1.54) is 54.0 Å². The number of rotatable bonds is 8. The minimum atomic E-state index is 1.08. The first-order valence-electron chi connectivity index (χ1n) is 22.0. The van der Waals surface area contributed by atoms with Gasteiger partial charge in [-0.15, -0.1) is 0 Å². The minimum absolute atomic E-state index is 1.08. The molecule has 0 aliphatic heterocycles. The van der Waals surface area contributed by atoms with Gasteiger partial charge in [-0.1, -0.05) is 206 Å². The lowest BCUT2D eigenvalue weighted by atomic mass is 9.91. The molecule has 300 valence electrons. The van der Waals surface area contributed by atoms with Gasteiger partial charge in [0.2, 0.25) is 0 Å². The Bertz CT molecular complexity index is 3510. The summed E-state index contributed by atoms with van der Waals surface area (Å²) in [5.41, 5.74) is 11.3. The molecule has 0 spiro atoms. The first kappa shape index (κ1) is 37.3. The molecule has 0 N–H and O–H groups in total. The van der Waals surface area contributed by atoms with Crippen molar-refractivity contribution in [1.29, 1.82) is 0 Å². The molecule has 2 nitrogen and oxygen atoms in total. The summed E-state index contributed by atoms with van der Waals surface area (Å²) in [5.74, 6) is 0. The molecule has 64 heavy (non-hydrogen) atoms. The number of benzene rings is 12. The van der Waals surface area contributed by atoms with E-state index < -0.39 is 0 Å². The minimum Gasteiger partial charge on any atom is -0.309 e. The quantitative estimate of drug-likeness (QED) is 0.151. The van der Waals surface area contributed by atoms with Gasteiger partial charge in [0.05, 0.1) is 28.4 Å². The summed E-state index contributed by atoms with van der Waals surface area (Å²) in [7, 11) is 0. The molecule has 0 radical (unpaired) electrons. The zero-order valence-corrected chi connectivity index (χ0v) is 35.1. The summed E-state index contributed by atoms with van der Waals surface area (Å²) in [5, 5.41) is 11.9.